The fourth-order valence-corrected chi connectivity index (χ4v) is 3.18. The maximum atomic E-state index is 12.1. The number of benzene rings is 1. The van der Waals surface area contributed by atoms with Crippen LogP contribution in [0.15, 0.2) is 40.4 Å². The number of aryl methyl sites for hydroxylation is 1. The Balaban J connectivity index is 2.12. The molecule has 1 aromatic rings. The molecule has 0 radical (unpaired) electrons. The van der Waals surface area contributed by atoms with Crippen LogP contribution in [0.4, 0.5) is 0 Å². The van der Waals surface area contributed by atoms with Crippen molar-refractivity contribution in [3.63, 3.8) is 0 Å². The van der Waals surface area contributed by atoms with Crippen molar-refractivity contribution in [2.45, 2.75) is 27.4 Å². The zero-order valence-electron chi connectivity index (χ0n) is 12.7. The van der Waals surface area contributed by atoms with Gasteiger partial charge in [0.15, 0.2) is 0 Å². The largest absolute Gasteiger partial charge is 0.457 e. The van der Waals surface area contributed by atoms with Gasteiger partial charge in [-0.25, -0.2) is 4.79 Å². The van der Waals surface area contributed by atoms with Gasteiger partial charge in [0, 0.05) is 12.7 Å². The van der Waals surface area contributed by atoms with E-state index in [4.69, 9.17) is 4.74 Å². The van der Waals surface area contributed by atoms with Gasteiger partial charge in [0.1, 0.15) is 6.61 Å². The Morgan fingerprint density at radius 2 is 2.05 bits per heavy atom. The van der Waals surface area contributed by atoms with Gasteiger partial charge in [0.2, 0.25) is 0 Å². The first kappa shape index (κ1) is 16.2. The van der Waals surface area contributed by atoms with Crippen molar-refractivity contribution in [1.82, 2.24) is 4.31 Å². The van der Waals surface area contributed by atoms with E-state index in [1.165, 1.54) is 13.1 Å². The quantitative estimate of drug-likeness (QED) is 0.794. The highest BCUT2D eigenvalue weighted by molar-refractivity contribution is 7.88. The third-order valence-electron chi connectivity index (χ3n) is 3.20. The fraction of sp³-hybridized carbons (Fsp3) is 0.333. The van der Waals surface area contributed by atoms with Crippen LogP contribution in [0.25, 0.3) is 0 Å². The van der Waals surface area contributed by atoms with Gasteiger partial charge in [0.05, 0.1) is 11.3 Å². The van der Waals surface area contributed by atoms with Crippen molar-refractivity contribution in [2.75, 3.05) is 6.54 Å². The summed E-state index contributed by atoms with van der Waals surface area (Å²) in [6.45, 7) is 5.43. The van der Waals surface area contributed by atoms with Gasteiger partial charge in [-0.15, -0.1) is 4.40 Å². The Bertz CT molecular complexity index is 751. The molecule has 0 aliphatic carbocycles. The minimum atomic E-state index is -3.72. The summed E-state index contributed by atoms with van der Waals surface area (Å²) in [5, 5.41) is 0. The molecule has 2 rings (SSSR count). The van der Waals surface area contributed by atoms with Crippen LogP contribution in [0.3, 0.4) is 0 Å². The second-order valence-electron chi connectivity index (χ2n) is 4.97. The highest BCUT2D eigenvalue weighted by atomic mass is 32.2. The molecule has 1 aromatic carbocycles. The number of nitrogens with zero attached hydrogens (tertiary/aromatic N) is 2. The van der Waals surface area contributed by atoms with Crippen molar-refractivity contribution in [3.05, 3.63) is 47.2 Å². The lowest BCUT2D eigenvalue weighted by Crippen LogP contribution is -2.31. The van der Waals surface area contributed by atoms with Crippen molar-refractivity contribution >= 4 is 21.9 Å². The molecule has 1 aliphatic rings. The van der Waals surface area contributed by atoms with Gasteiger partial charge in [-0.2, -0.15) is 8.42 Å². The van der Waals surface area contributed by atoms with E-state index in [1.807, 2.05) is 31.2 Å². The van der Waals surface area contributed by atoms with E-state index in [2.05, 4.69) is 4.40 Å². The van der Waals surface area contributed by atoms with E-state index in [0.717, 1.165) is 15.4 Å². The highest BCUT2D eigenvalue weighted by Crippen LogP contribution is 2.17. The summed E-state index contributed by atoms with van der Waals surface area (Å²) in [7, 11) is -3.72. The highest BCUT2D eigenvalue weighted by Gasteiger charge is 2.27. The number of carbonyl (C=O) groups is 1. The molecule has 1 aliphatic heterocycles. The summed E-state index contributed by atoms with van der Waals surface area (Å²) in [5.41, 5.74) is 2.24. The lowest BCUT2D eigenvalue weighted by Gasteiger charge is -2.21. The first-order valence-electron chi connectivity index (χ1n) is 6.86. The Kier molecular flexibility index (Phi) is 4.65. The number of rotatable bonds is 4. The molecular weight excluding hydrogens is 304 g/mol. The molecule has 0 saturated carbocycles. The first-order valence-corrected chi connectivity index (χ1v) is 8.26. The molecule has 1 heterocycles. The zero-order chi connectivity index (χ0) is 16.3. The minimum absolute atomic E-state index is 0.129. The predicted octanol–water partition coefficient (Wildman–Crippen LogP) is 1.96. The second kappa shape index (κ2) is 6.31. The fourth-order valence-electron chi connectivity index (χ4n) is 2.06. The van der Waals surface area contributed by atoms with Gasteiger partial charge in [-0.3, -0.25) is 4.31 Å². The Hall–Kier alpha value is -2.15. The summed E-state index contributed by atoms with van der Waals surface area (Å²) in [6.07, 6.45) is 1.27. The SMILES string of the molecule is CCN1C=C(C(=O)OCc2cccc(C)c2)C(C)=NS1(=O)=O. The van der Waals surface area contributed by atoms with Crippen LogP contribution in [-0.4, -0.2) is 30.9 Å². The molecule has 0 bridgehead atoms. The van der Waals surface area contributed by atoms with E-state index in [0.29, 0.717) is 0 Å². The summed E-state index contributed by atoms with van der Waals surface area (Å²) in [5.74, 6) is -0.587. The van der Waals surface area contributed by atoms with Gasteiger partial charge in [0.25, 0.3) is 0 Å². The van der Waals surface area contributed by atoms with Gasteiger partial charge < -0.3 is 4.74 Å². The molecule has 0 spiro atoms. The monoisotopic (exact) mass is 322 g/mol. The molecule has 0 aromatic heterocycles. The lowest BCUT2D eigenvalue weighted by atomic mass is 10.1. The lowest BCUT2D eigenvalue weighted by molar-refractivity contribution is -0.139. The normalized spacial score (nSPS) is 16.8. The maximum Gasteiger partial charge on any atom is 0.344 e. The van der Waals surface area contributed by atoms with Crippen molar-refractivity contribution in [2.24, 2.45) is 4.40 Å². The molecule has 0 unspecified atom stereocenters. The number of carbonyl (C=O) groups excluding carboxylic acids is 1. The van der Waals surface area contributed by atoms with Crippen molar-refractivity contribution < 1.29 is 17.9 Å². The molecule has 118 valence electrons. The predicted molar refractivity (Wildman–Crippen MR) is 83.5 cm³/mol. The molecule has 22 heavy (non-hydrogen) atoms. The van der Waals surface area contributed by atoms with Gasteiger partial charge in [-0.05, 0) is 26.3 Å². The molecular formula is C15H18N2O4S. The average Bonchev–Trinajstić information content (AvgIpc) is 2.44. The number of esters is 1. The van der Waals surface area contributed by atoms with E-state index in [9.17, 15) is 13.2 Å². The van der Waals surface area contributed by atoms with Crippen molar-refractivity contribution in [3.8, 4) is 0 Å². The van der Waals surface area contributed by atoms with Gasteiger partial charge >= 0.3 is 16.2 Å². The van der Waals surface area contributed by atoms with Crippen LogP contribution in [0.5, 0.6) is 0 Å². The summed E-state index contributed by atoms with van der Waals surface area (Å²) in [6, 6.07) is 7.62. The third-order valence-corrected chi connectivity index (χ3v) is 4.66. The topological polar surface area (TPSA) is 76.0 Å². The third kappa shape index (κ3) is 3.54. The molecule has 0 amide bonds. The molecule has 6 nitrogen and oxygen atoms in total. The van der Waals surface area contributed by atoms with E-state index in [1.54, 1.807) is 6.92 Å². The smallest absolute Gasteiger partial charge is 0.344 e. The average molecular weight is 322 g/mol. The summed E-state index contributed by atoms with van der Waals surface area (Å²) < 4.78 is 33.3. The first-order chi connectivity index (χ1) is 10.3. The standard InChI is InChI=1S/C15H18N2O4S/c1-4-17-9-14(12(3)16-22(17,19)20)15(18)21-10-13-7-5-6-11(2)8-13/h5-9H,4,10H2,1-3H3. The molecule has 0 saturated heterocycles. The maximum absolute atomic E-state index is 12.1. The van der Waals surface area contributed by atoms with Crippen LogP contribution in [0.1, 0.15) is 25.0 Å². The molecule has 7 heteroatoms. The summed E-state index contributed by atoms with van der Waals surface area (Å²) >= 11 is 0. The summed E-state index contributed by atoms with van der Waals surface area (Å²) in [4.78, 5) is 12.1. The number of hydrogen-bond acceptors (Lipinski definition) is 4. The van der Waals surface area contributed by atoms with Crippen LogP contribution in [-0.2, 0) is 26.3 Å². The Morgan fingerprint density at radius 3 is 2.68 bits per heavy atom. The molecule has 0 atom stereocenters. The van der Waals surface area contributed by atoms with E-state index in [-0.39, 0.29) is 24.4 Å². The molecule has 0 fully saturated rings. The Morgan fingerprint density at radius 1 is 1.32 bits per heavy atom. The van der Waals surface area contributed by atoms with Crippen LogP contribution < -0.4 is 0 Å². The minimum Gasteiger partial charge on any atom is -0.457 e. The van der Waals surface area contributed by atoms with E-state index >= 15 is 0 Å². The zero-order valence-corrected chi connectivity index (χ0v) is 13.6. The van der Waals surface area contributed by atoms with E-state index < -0.39 is 16.2 Å². The van der Waals surface area contributed by atoms with Crippen LogP contribution in [0, 0.1) is 6.92 Å². The molecule has 0 N–H and O–H groups in total. The number of ether oxygens (including phenoxy) is 1. The van der Waals surface area contributed by atoms with Crippen LogP contribution in [0.2, 0.25) is 0 Å². The second-order valence-corrected chi connectivity index (χ2v) is 6.51. The number of hydrogen-bond donors (Lipinski definition) is 0. The Labute approximate surface area is 130 Å². The van der Waals surface area contributed by atoms with Gasteiger partial charge in [-0.1, -0.05) is 29.8 Å². The van der Waals surface area contributed by atoms with Crippen molar-refractivity contribution in [1.29, 1.82) is 0 Å². The van der Waals surface area contributed by atoms with Crippen LogP contribution >= 0.6 is 0 Å².